The van der Waals surface area contributed by atoms with E-state index in [4.69, 9.17) is 10.5 Å². The van der Waals surface area contributed by atoms with Crippen molar-refractivity contribution in [2.45, 2.75) is 58.0 Å². The summed E-state index contributed by atoms with van der Waals surface area (Å²) < 4.78 is 5.43. The highest BCUT2D eigenvalue weighted by atomic mass is 16.5. The summed E-state index contributed by atoms with van der Waals surface area (Å²) in [6.45, 7) is 9.52. The summed E-state index contributed by atoms with van der Waals surface area (Å²) in [6, 6.07) is 0.348. The number of hydrogen-bond acceptors (Lipinski definition) is 3. The first-order valence-electron chi connectivity index (χ1n) is 6.60. The van der Waals surface area contributed by atoms with E-state index in [1.54, 1.807) is 0 Å². The molecule has 0 amide bonds. The lowest BCUT2D eigenvalue weighted by molar-refractivity contribution is 0.169. The van der Waals surface area contributed by atoms with Crippen molar-refractivity contribution in [3.63, 3.8) is 0 Å². The lowest BCUT2D eigenvalue weighted by Gasteiger charge is -2.26. The molecule has 1 aliphatic heterocycles. The van der Waals surface area contributed by atoms with Gasteiger partial charge in [-0.2, -0.15) is 0 Å². The molecule has 0 radical (unpaired) electrons. The molecule has 0 aromatic heterocycles. The van der Waals surface area contributed by atoms with Crippen molar-refractivity contribution in [1.82, 2.24) is 5.32 Å². The number of hydrogen-bond donors (Lipinski definition) is 2. The molecular weight excluding hydrogens is 200 g/mol. The quantitative estimate of drug-likeness (QED) is 0.700. The Kier molecular flexibility index (Phi) is 5.73. The monoisotopic (exact) mass is 228 g/mol. The third-order valence-electron chi connectivity index (χ3n) is 3.45. The number of rotatable bonds is 7. The molecule has 1 saturated heterocycles. The summed E-state index contributed by atoms with van der Waals surface area (Å²) in [5.74, 6) is 0.733. The van der Waals surface area contributed by atoms with E-state index in [0.29, 0.717) is 6.04 Å². The van der Waals surface area contributed by atoms with Gasteiger partial charge in [0, 0.05) is 18.2 Å². The first-order valence-corrected chi connectivity index (χ1v) is 6.60. The minimum absolute atomic E-state index is 0.218. The van der Waals surface area contributed by atoms with Gasteiger partial charge in [0.2, 0.25) is 0 Å². The van der Waals surface area contributed by atoms with Crippen molar-refractivity contribution in [1.29, 1.82) is 0 Å². The predicted molar refractivity (Wildman–Crippen MR) is 68.5 cm³/mol. The average molecular weight is 228 g/mol. The van der Waals surface area contributed by atoms with E-state index < -0.39 is 0 Å². The van der Waals surface area contributed by atoms with E-state index in [1.807, 2.05) is 0 Å². The van der Waals surface area contributed by atoms with E-state index in [0.717, 1.165) is 38.5 Å². The third-order valence-corrected chi connectivity index (χ3v) is 3.45. The lowest BCUT2D eigenvalue weighted by atomic mass is 9.98. The minimum atomic E-state index is 0.218. The van der Waals surface area contributed by atoms with Crippen molar-refractivity contribution in [3.8, 4) is 0 Å². The van der Waals surface area contributed by atoms with Crippen LogP contribution in [0.1, 0.15) is 46.5 Å². The standard InChI is InChI=1S/C13H28N2O/c1-11(5-4-6-12(2)14)9-15-13(3)7-8-16-10-13/h11-12,15H,4-10,14H2,1-3H3. The summed E-state index contributed by atoms with van der Waals surface area (Å²) >= 11 is 0. The molecule has 1 fully saturated rings. The van der Waals surface area contributed by atoms with Crippen molar-refractivity contribution in [2.24, 2.45) is 11.7 Å². The maximum absolute atomic E-state index is 5.74. The Bertz CT molecular complexity index is 188. The average Bonchev–Trinajstić information content (AvgIpc) is 2.62. The van der Waals surface area contributed by atoms with Crippen LogP contribution in [-0.4, -0.2) is 31.3 Å². The molecule has 3 atom stereocenters. The summed E-state index contributed by atoms with van der Waals surface area (Å²) in [6.07, 6.45) is 4.80. The second-order valence-corrected chi connectivity index (χ2v) is 5.76. The normalized spacial score (nSPS) is 29.2. The van der Waals surface area contributed by atoms with Gasteiger partial charge in [0.15, 0.2) is 0 Å². The Balaban J connectivity index is 2.07. The van der Waals surface area contributed by atoms with Gasteiger partial charge in [-0.3, -0.25) is 0 Å². The van der Waals surface area contributed by atoms with Gasteiger partial charge in [0.05, 0.1) is 6.61 Å². The Labute approximate surface area is 100 Å². The first-order chi connectivity index (χ1) is 7.52. The van der Waals surface area contributed by atoms with Crippen LogP contribution < -0.4 is 11.1 Å². The van der Waals surface area contributed by atoms with Gasteiger partial charge in [-0.15, -0.1) is 0 Å². The zero-order valence-corrected chi connectivity index (χ0v) is 11.1. The van der Waals surface area contributed by atoms with Crippen molar-refractivity contribution in [2.75, 3.05) is 19.8 Å². The van der Waals surface area contributed by atoms with Crippen LogP contribution >= 0.6 is 0 Å². The second kappa shape index (κ2) is 6.58. The molecule has 1 heterocycles. The highest BCUT2D eigenvalue weighted by Crippen LogP contribution is 2.18. The van der Waals surface area contributed by atoms with Crippen LogP contribution in [0.3, 0.4) is 0 Å². The van der Waals surface area contributed by atoms with Crippen molar-refractivity contribution in [3.05, 3.63) is 0 Å². The third kappa shape index (κ3) is 5.28. The van der Waals surface area contributed by atoms with Crippen molar-refractivity contribution < 1.29 is 4.74 Å². The largest absolute Gasteiger partial charge is 0.379 e. The van der Waals surface area contributed by atoms with E-state index in [1.165, 1.54) is 12.8 Å². The second-order valence-electron chi connectivity index (χ2n) is 5.76. The zero-order chi connectivity index (χ0) is 12.0. The van der Waals surface area contributed by atoms with E-state index >= 15 is 0 Å². The summed E-state index contributed by atoms with van der Waals surface area (Å²) in [4.78, 5) is 0. The van der Waals surface area contributed by atoms with E-state index in [-0.39, 0.29) is 5.54 Å². The molecule has 0 spiro atoms. The summed E-state index contributed by atoms with van der Waals surface area (Å²) in [7, 11) is 0. The number of ether oxygens (including phenoxy) is 1. The molecule has 1 aliphatic rings. The lowest BCUT2D eigenvalue weighted by Crippen LogP contribution is -2.44. The fourth-order valence-electron chi connectivity index (χ4n) is 2.12. The molecule has 3 N–H and O–H groups in total. The maximum atomic E-state index is 5.74. The van der Waals surface area contributed by atoms with Gasteiger partial charge < -0.3 is 15.8 Å². The smallest absolute Gasteiger partial charge is 0.0646 e. The summed E-state index contributed by atoms with van der Waals surface area (Å²) in [5, 5.41) is 3.64. The van der Waals surface area contributed by atoms with Gasteiger partial charge in [-0.25, -0.2) is 0 Å². The minimum Gasteiger partial charge on any atom is -0.379 e. The van der Waals surface area contributed by atoms with E-state index in [9.17, 15) is 0 Å². The molecule has 0 saturated carbocycles. The molecular formula is C13H28N2O. The van der Waals surface area contributed by atoms with Crippen LogP contribution in [-0.2, 0) is 4.74 Å². The molecule has 3 unspecified atom stereocenters. The van der Waals surface area contributed by atoms with Crippen LogP contribution in [0.5, 0.6) is 0 Å². The van der Waals surface area contributed by atoms with Crippen LogP contribution in [0, 0.1) is 5.92 Å². The van der Waals surface area contributed by atoms with Gasteiger partial charge in [-0.1, -0.05) is 13.3 Å². The molecule has 0 aromatic carbocycles. The molecule has 0 aromatic rings. The van der Waals surface area contributed by atoms with Gasteiger partial charge in [0.25, 0.3) is 0 Å². The molecule has 96 valence electrons. The Hall–Kier alpha value is -0.120. The number of nitrogens with two attached hydrogens (primary N) is 1. The van der Waals surface area contributed by atoms with Crippen LogP contribution in [0.4, 0.5) is 0 Å². The Morgan fingerprint density at radius 3 is 2.69 bits per heavy atom. The van der Waals surface area contributed by atoms with Crippen LogP contribution in [0.2, 0.25) is 0 Å². The topological polar surface area (TPSA) is 47.3 Å². The van der Waals surface area contributed by atoms with Crippen molar-refractivity contribution >= 4 is 0 Å². The molecule has 0 bridgehead atoms. The fraction of sp³-hybridized carbons (Fsp3) is 1.00. The maximum Gasteiger partial charge on any atom is 0.0646 e. The van der Waals surface area contributed by atoms with Gasteiger partial charge in [0.1, 0.15) is 0 Å². The predicted octanol–water partition coefficient (Wildman–Crippen LogP) is 1.91. The van der Waals surface area contributed by atoms with Gasteiger partial charge >= 0.3 is 0 Å². The highest BCUT2D eigenvalue weighted by molar-refractivity contribution is 4.87. The Morgan fingerprint density at radius 2 is 2.12 bits per heavy atom. The summed E-state index contributed by atoms with van der Waals surface area (Å²) in [5.41, 5.74) is 5.96. The first kappa shape index (κ1) is 13.9. The molecule has 3 nitrogen and oxygen atoms in total. The molecule has 3 heteroatoms. The fourth-order valence-corrected chi connectivity index (χ4v) is 2.12. The van der Waals surface area contributed by atoms with Gasteiger partial charge in [-0.05, 0) is 45.6 Å². The molecule has 1 rings (SSSR count). The molecule has 16 heavy (non-hydrogen) atoms. The highest BCUT2D eigenvalue weighted by Gasteiger charge is 2.28. The Morgan fingerprint density at radius 1 is 1.38 bits per heavy atom. The SMILES string of the molecule is CC(N)CCCC(C)CNC1(C)CCOC1. The molecule has 0 aliphatic carbocycles. The van der Waals surface area contributed by atoms with E-state index in [2.05, 4.69) is 26.1 Å². The zero-order valence-electron chi connectivity index (χ0n) is 11.1. The van der Waals surface area contributed by atoms with Crippen LogP contribution in [0.25, 0.3) is 0 Å². The number of nitrogens with one attached hydrogen (secondary N) is 1. The van der Waals surface area contributed by atoms with Crippen LogP contribution in [0.15, 0.2) is 0 Å².